The van der Waals surface area contributed by atoms with Crippen LogP contribution in [0.3, 0.4) is 0 Å². The van der Waals surface area contributed by atoms with E-state index in [1.165, 1.54) is 0 Å². The lowest BCUT2D eigenvalue weighted by atomic mass is 10.1. The van der Waals surface area contributed by atoms with Crippen LogP contribution in [0, 0.1) is 6.92 Å². The molecular weight excluding hydrogens is 392 g/mol. The smallest absolute Gasteiger partial charge is 0.243 e. The van der Waals surface area contributed by atoms with Crippen molar-refractivity contribution in [2.75, 3.05) is 5.75 Å². The van der Waals surface area contributed by atoms with E-state index in [9.17, 15) is 9.59 Å². The van der Waals surface area contributed by atoms with Crippen LogP contribution in [0.25, 0.3) is 0 Å². The summed E-state index contributed by atoms with van der Waals surface area (Å²) in [5.41, 5.74) is 2.20. The Kier molecular flexibility index (Phi) is 9.95. The molecule has 4 nitrogen and oxygen atoms in total. The molecule has 0 unspecified atom stereocenters. The Hall–Kier alpha value is -2.27. The number of carbonyl (C=O) groups is 2. The highest BCUT2D eigenvalue weighted by molar-refractivity contribution is 7.99. The van der Waals surface area contributed by atoms with Gasteiger partial charge < -0.3 is 10.2 Å². The van der Waals surface area contributed by atoms with E-state index in [0.717, 1.165) is 22.4 Å². The van der Waals surface area contributed by atoms with Gasteiger partial charge in [-0.2, -0.15) is 0 Å². The molecule has 0 aliphatic carbocycles. The van der Waals surface area contributed by atoms with Crippen LogP contribution in [0.4, 0.5) is 0 Å². The van der Waals surface area contributed by atoms with Crippen LogP contribution in [0.2, 0.25) is 0 Å². The fourth-order valence-electron chi connectivity index (χ4n) is 3.28. The van der Waals surface area contributed by atoms with Crippen molar-refractivity contribution in [3.63, 3.8) is 0 Å². The number of thioether (sulfide) groups is 1. The summed E-state index contributed by atoms with van der Waals surface area (Å²) in [5.74, 6) is 0.644. The van der Waals surface area contributed by atoms with Gasteiger partial charge in [0, 0.05) is 29.7 Å². The van der Waals surface area contributed by atoms with Gasteiger partial charge in [-0.3, -0.25) is 9.59 Å². The summed E-state index contributed by atoms with van der Waals surface area (Å²) in [6.07, 6.45) is 1.85. The largest absolute Gasteiger partial charge is 0.352 e. The Morgan fingerprint density at radius 3 is 2.40 bits per heavy atom. The summed E-state index contributed by atoms with van der Waals surface area (Å²) in [5, 5.41) is 3.06. The molecule has 2 aromatic rings. The first kappa shape index (κ1) is 24.0. The molecule has 2 amide bonds. The molecule has 2 atom stereocenters. The van der Waals surface area contributed by atoms with Gasteiger partial charge in [-0.1, -0.05) is 61.9 Å². The molecule has 0 heterocycles. The highest BCUT2D eigenvalue weighted by Crippen LogP contribution is 2.20. The predicted octanol–water partition coefficient (Wildman–Crippen LogP) is 5.20. The Balaban J connectivity index is 2.13. The average Bonchev–Trinajstić information content (AvgIpc) is 2.74. The topological polar surface area (TPSA) is 49.4 Å². The van der Waals surface area contributed by atoms with Gasteiger partial charge >= 0.3 is 0 Å². The summed E-state index contributed by atoms with van der Waals surface area (Å²) in [6, 6.07) is 17.9. The van der Waals surface area contributed by atoms with Crippen molar-refractivity contribution < 1.29 is 9.59 Å². The van der Waals surface area contributed by atoms with Crippen LogP contribution in [0.5, 0.6) is 0 Å². The molecule has 2 rings (SSSR count). The van der Waals surface area contributed by atoms with Crippen molar-refractivity contribution >= 4 is 23.6 Å². The molecule has 0 radical (unpaired) electrons. The van der Waals surface area contributed by atoms with E-state index in [-0.39, 0.29) is 17.9 Å². The first-order chi connectivity index (χ1) is 14.4. The van der Waals surface area contributed by atoms with E-state index >= 15 is 0 Å². The van der Waals surface area contributed by atoms with Gasteiger partial charge in [0.05, 0.1) is 0 Å². The zero-order valence-electron chi connectivity index (χ0n) is 18.6. The molecule has 0 aliphatic rings. The lowest BCUT2D eigenvalue weighted by Crippen LogP contribution is -2.50. The van der Waals surface area contributed by atoms with Gasteiger partial charge in [0.2, 0.25) is 11.8 Å². The van der Waals surface area contributed by atoms with E-state index in [4.69, 9.17) is 0 Å². The highest BCUT2D eigenvalue weighted by Gasteiger charge is 2.28. The highest BCUT2D eigenvalue weighted by atomic mass is 32.2. The predicted molar refractivity (Wildman–Crippen MR) is 125 cm³/mol. The number of hydrogen-bond acceptors (Lipinski definition) is 3. The van der Waals surface area contributed by atoms with Gasteiger partial charge in [0.1, 0.15) is 6.04 Å². The van der Waals surface area contributed by atoms with Crippen LogP contribution >= 0.6 is 11.8 Å². The fraction of sp³-hybridized carbons (Fsp3) is 0.440. The van der Waals surface area contributed by atoms with Crippen LogP contribution in [0.15, 0.2) is 59.5 Å². The lowest BCUT2D eigenvalue weighted by molar-refractivity contribution is -0.141. The summed E-state index contributed by atoms with van der Waals surface area (Å²) in [7, 11) is 0. The van der Waals surface area contributed by atoms with E-state index in [0.29, 0.717) is 25.1 Å². The molecule has 2 aromatic carbocycles. The maximum Gasteiger partial charge on any atom is 0.243 e. The van der Waals surface area contributed by atoms with Crippen molar-refractivity contribution in [1.82, 2.24) is 10.2 Å². The number of hydrogen-bond donors (Lipinski definition) is 1. The van der Waals surface area contributed by atoms with Crippen LogP contribution in [-0.4, -0.2) is 34.6 Å². The normalized spacial score (nSPS) is 12.8. The third-order valence-electron chi connectivity index (χ3n) is 5.15. The second kappa shape index (κ2) is 12.4. The molecule has 5 heteroatoms. The minimum absolute atomic E-state index is 0.0195. The van der Waals surface area contributed by atoms with Crippen LogP contribution < -0.4 is 5.32 Å². The number of amides is 2. The third-order valence-corrected chi connectivity index (χ3v) is 6.16. The number of aryl methyl sites for hydroxylation is 1. The summed E-state index contributed by atoms with van der Waals surface area (Å²) >= 11 is 1.67. The molecule has 0 aliphatic heterocycles. The SMILES string of the molecule is CC[C@H](C)NC(=O)[C@H](CC)N(Cc1cccc(C)c1)C(=O)CCSc1ccccc1. The molecule has 0 bridgehead atoms. The monoisotopic (exact) mass is 426 g/mol. The molecule has 0 aromatic heterocycles. The van der Waals surface area contributed by atoms with Gasteiger partial charge in [-0.15, -0.1) is 11.8 Å². The molecule has 30 heavy (non-hydrogen) atoms. The fourth-order valence-corrected chi connectivity index (χ4v) is 4.15. The van der Waals surface area contributed by atoms with E-state index < -0.39 is 6.04 Å². The number of carbonyl (C=O) groups excluding carboxylic acids is 2. The van der Waals surface area contributed by atoms with Crippen molar-refractivity contribution in [3.8, 4) is 0 Å². The lowest BCUT2D eigenvalue weighted by Gasteiger charge is -2.31. The van der Waals surface area contributed by atoms with E-state index in [1.54, 1.807) is 16.7 Å². The van der Waals surface area contributed by atoms with Crippen molar-refractivity contribution in [3.05, 3.63) is 65.7 Å². The average molecular weight is 427 g/mol. The van der Waals surface area contributed by atoms with Crippen LogP contribution in [0.1, 0.15) is 51.2 Å². The first-order valence-corrected chi connectivity index (χ1v) is 11.8. The number of nitrogens with zero attached hydrogens (tertiary/aromatic N) is 1. The minimum Gasteiger partial charge on any atom is -0.352 e. The molecule has 162 valence electrons. The molecule has 0 fully saturated rings. The second-order valence-electron chi connectivity index (χ2n) is 7.66. The molecule has 1 N–H and O–H groups in total. The summed E-state index contributed by atoms with van der Waals surface area (Å²) < 4.78 is 0. The zero-order valence-corrected chi connectivity index (χ0v) is 19.4. The molecular formula is C25H34N2O2S. The number of rotatable bonds is 11. The second-order valence-corrected chi connectivity index (χ2v) is 8.83. The van der Waals surface area contributed by atoms with Crippen molar-refractivity contribution in [1.29, 1.82) is 0 Å². The first-order valence-electron chi connectivity index (χ1n) is 10.8. The Bertz CT molecular complexity index is 810. The minimum atomic E-state index is -0.464. The number of benzene rings is 2. The quantitative estimate of drug-likeness (QED) is 0.503. The van der Waals surface area contributed by atoms with E-state index in [1.807, 2.05) is 76.2 Å². The van der Waals surface area contributed by atoms with Crippen molar-refractivity contribution in [2.24, 2.45) is 0 Å². The Morgan fingerprint density at radius 1 is 1.03 bits per heavy atom. The Morgan fingerprint density at radius 2 is 1.77 bits per heavy atom. The van der Waals surface area contributed by atoms with Crippen molar-refractivity contribution in [2.45, 2.75) is 70.5 Å². The zero-order chi connectivity index (χ0) is 21.9. The maximum absolute atomic E-state index is 13.2. The third kappa shape index (κ3) is 7.52. The van der Waals surface area contributed by atoms with Crippen LogP contribution in [-0.2, 0) is 16.1 Å². The summed E-state index contributed by atoms with van der Waals surface area (Å²) in [4.78, 5) is 29.1. The van der Waals surface area contributed by atoms with Gasteiger partial charge in [0.25, 0.3) is 0 Å². The standard InChI is InChI=1S/C25H34N2O2S/c1-5-20(4)26-25(29)23(6-2)27(18-21-12-10-11-19(3)17-21)24(28)15-16-30-22-13-8-7-9-14-22/h7-14,17,20,23H,5-6,15-16,18H2,1-4H3,(H,26,29)/t20-,23-/m0/s1. The molecule has 0 saturated heterocycles. The molecule has 0 spiro atoms. The Labute approximate surface area is 185 Å². The molecule has 0 saturated carbocycles. The summed E-state index contributed by atoms with van der Waals surface area (Å²) in [6.45, 7) is 8.49. The van der Waals surface area contributed by atoms with Gasteiger partial charge in [-0.05, 0) is 44.4 Å². The van der Waals surface area contributed by atoms with Gasteiger partial charge in [-0.25, -0.2) is 0 Å². The van der Waals surface area contributed by atoms with E-state index in [2.05, 4.69) is 11.4 Å². The number of nitrogens with one attached hydrogen (secondary N) is 1. The maximum atomic E-state index is 13.2. The van der Waals surface area contributed by atoms with Gasteiger partial charge in [0.15, 0.2) is 0 Å².